The molecule has 0 aliphatic carbocycles. The molecule has 0 bridgehead atoms. The number of para-hydroxylation sites is 2. The van der Waals surface area contributed by atoms with Gasteiger partial charge in [0.1, 0.15) is 5.75 Å². The molecule has 0 saturated carbocycles. The summed E-state index contributed by atoms with van der Waals surface area (Å²) in [5, 5.41) is 6.14. The van der Waals surface area contributed by atoms with Crippen LogP contribution in [0.5, 0.6) is 11.5 Å². The maximum atomic E-state index is 13.6. The number of benzene rings is 2. The lowest BCUT2D eigenvalue weighted by Crippen LogP contribution is -2.15. The molecule has 3 aromatic rings. The predicted octanol–water partition coefficient (Wildman–Crippen LogP) is 3.39. The number of nitrogens with zero attached hydrogens (tertiary/aromatic N) is 2. The predicted molar refractivity (Wildman–Crippen MR) is 90.2 cm³/mol. The summed E-state index contributed by atoms with van der Waals surface area (Å²) in [6.07, 6.45) is -0.279. The van der Waals surface area contributed by atoms with E-state index in [2.05, 4.69) is 15.5 Å². The van der Waals surface area contributed by atoms with E-state index in [1.807, 2.05) is 0 Å². The van der Waals surface area contributed by atoms with Gasteiger partial charge < -0.3 is 19.3 Å². The second kappa shape index (κ2) is 8.59. The van der Waals surface area contributed by atoms with E-state index in [1.165, 1.54) is 7.11 Å². The zero-order valence-electron chi connectivity index (χ0n) is 14.8. The van der Waals surface area contributed by atoms with Crippen molar-refractivity contribution in [3.8, 4) is 11.5 Å². The Balaban J connectivity index is 1.62. The summed E-state index contributed by atoms with van der Waals surface area (Å²) < 4.78 is 68.1. The molecule has 1 N–H and O–H groups in total. The number of hydrogen-bond acceptors (Lipinski definition) is 6. The highest BCUT2D eigenvalue weighted by atomic mass is 19.2. The van der Waals surface area contributed by atoms with Gasteiger partial charge in [-0.2, -0.15) is 13.8 Å². The van der Waals surface area contributed by atoms with Crippen molar-refractivity contribution in [2.24, 2.45) is 0 Å². The second-order valence-electron chi connectivity index (χ2n) is 5.62. The molecule has 0 fully saturated rings. The van der Waals surface area contributed by atoms with Gasteiger partial charge in [0.05, 0.1) is 19.2 Å². The number of halogens is 4. The summed E-state index contributed by atoms with van der Waals surface area (Å²) >= 11 is 0. The van der Waals surface area contributed by atoms with E-state index in [-0.39, 0.29) is 24.2 Å². The van der Waals surface area contributed by atoms with Gasteiger partial charge in [-0.3, -0.25) is 4.79 Å². The third kappa shape index (κ3) is 4.62. The van der Waals surface area contributed by atoms with Crippen LogP contribution in [-0.2, 0) is 17.8 Å². The summed E-state index contributed by atoms with van der Waals surface area (Å²) in [5.74, 6) is -8.19. The van der Waals surface area contributed by atoms with Gasteiger partial charge in [0.2, 0.25) is 17.5 Å². The minimum atomic E-state index is -1.69. The first-order valence-electron chi connectivity index (χ1n) is 8.09. The molecule has 7 nitrogen and oxygen atoms in total. The molecule has 1 amide bonds. The van der Waals surface area contributed by atoms with E-state index in [0.717, 1.165) is 0 Å². The summed E-state index contributed by atoms with van der Waals surface area (Å²) in [7, 11) is 1.45. The van der Waals surface area contributed by atoms with Gasteiger partial charge in [-0.05, 0) is 12.1 Å². The number of ether oxygens (including phenoxy) is 2. The van der Waals surface area contributed by atoms with Crippen molar-refractivity contribution in [2.75, 3.05) is 12.4 Å². The van der Waals surface area contributed by atoms with E-state index in [9.17, 15) is 22.4 Å². The average Bonchev–Trinajstić information content (AvgIpc) is 3.14. The monoisotopic (exact) mass is 411 g/mol. The topological polar surface area (TPSA) is 86.5 Å². The fourth-order valence-corrected chi connectivity index (χ4v) is 2.32. The highest BCUT2D eigenvalue weighted by Crippen LogP contribution is 2.27. The number of nitrogens with one attached hydrogen (secondary N) is 1. The fourth-order valence-electron chi connectivity index (χ4n) is 2.32. The van der Waals surface area contributed by atoms with Crippen LogP contribution in [0.1, 0.15) is 11.7 Å². The number of carbonyl (C=O) groups excluding carboxylic acids is 1. The normalized spacial score (nSPS) is 10.7. The fraction of sp³-hybridized carbons (Fsp3) is 0.167. The van der Waals surface area contributed by atoms with Gasteiger partial charge in [-0.15, -0.1) is 0 Å². The van der Waals surface area contributed by atoms with E-state index in [0.29, 0.717) is 11.4 Å². The van der Waals surface area contributed by atoms with E-state index in [1.54, 1.807) is 24.3 Å². The first kappa shape index (κ1) is 20.1. The van der Waals surface area contributed by atoms with Gasteiger partial charge in [0, 0.05) is 6.07 Å². The van der Waals surface area contributed by atoms with Crippen LogP contribution in [0.4, 0.5) is 23.2 Å². The maximum Gasteiger partial charge on any atom is 0.264 e. The van der Waals surface area contributed by atoms with Crippen molar-refractivity contribution in [3.05, 3.63) is 65.3 Å². The van der Waals surface area contributed by atoms with E-state index in [4.69, 9.17) is 14.0 Å². The smallest absolute Gasteiger partial charge is 0.264 e. The van der Waals surface area contributed by atoms with Crippen molar-refractivity contribution in [1.82, 2.24) is 10.1 Å². The van der Waals surface area contributed by atoms with Crippen LogP contribution in [-0.4, -0.2) is 23.2 Å². The van der Waals surface area contributed by atoms with Crippen LogP contribution >= 0.6 is 0 Å². The number of hydrogen-bond donors (Lipinski definition) is 1. The van der Waals surface area contributed by atoms with Crippen molar-refractivity contribution >= 4 is 11.6 Å². The summed E-state index contributed by atoms with van der Waals surface area (Å²) in [6, 6.07) is 6.79. The van der Waals surface area contributed by atoms with Crippen molar-refractivity contribution < 1.29 is 36.4 Å². The van der Waals surface area contributed by atoms with Crippen LogP contribution in [0, 0.1) is 23.3 Å². The Morgan fingerprint density at radius 3 is 2.52 bits per heavy atom. The summed E-state index contributed by atoms with van der Waals surface area (Å²) in [5.41, 5.74) is 0.436. The number of anilines is 1. The standard InChI is InChI=1S/C18H13F4N3O4/c1-27-12-5-3-2-4-11(12)23-14(26)7-13-24-15(29-25-13)8-28-18-16(21)9(19)6-10(20)17(18)22/h2-6H,7-8H2,1H3,(H,23,26). The van der Waals surface area contributed by atoms with E-state index >= 15 is 0 Å². The Labute approximate surface area is 161 Å². The highest BCUT2D eigenvalue weighted by Gasteiger charge is 2.21. The molecule has 1 aromatic heterocycles. The van der Waals surface area contributed by atoms with Crippen molar-refractivity contribution in [1.29, 1.82) is 0 Å². The lowest BCUT2D eigenvalue weighted by atomic mass is 10.2. The maximum absolute atomic E-state index is 13.6. The van der Waals surface area contributed by atoms with Gasteiger partial charge in [0.25, 0.3) is 5.89 Å². The van der Waals surface area contributed by atoms with Gasteiger partial charge in [0.15, 0.2) is 29.8 Å². The molecule has 3 rings (SSSR count). The molecule has 0 aliphatic heterocycles. The van der Waals surface area contributed by atoms with Crippen LogP contribution in [0.3, 0.4) is 0 Å². The minimum absolute atomic E-state index is 0.0395. The molecule has 0 aliphatic rings. The largest absolute Gasteiger partial charge is 0.495 e. The van der Waals surface area contributed by atoms with Crippen LogP contribution in [0.25, 0.3) is 0 Å². The van der Waals surface area contributed by atoms with E-state index < -0.39 is 41.5 Å². The van der Waals surface area contributed by atoms with Crippen molar-refractivity contribution in [2.45, 2.75) is 13.0 Å². The molecule has 1 heterocycles. The van der Waals surface area contributed by atoms with Gasteiger partial charge in [-0.1, -0.05) is 17.3 Å². The molecule has 11 heteroatoms. The van der Waals surface area contributed by atoms with Crippen molar-refractivity contribution in [3.63, 3.8) is 0 Å². The SMILES string of the molecule is COc1ccccc1NC(=O)Cc1noc(COc2c(F)c(F)cc(F)c2F)n1. The number of carbonyl (C=O) groups is 1. The molecule has 0 radical (unpaired) electrons. The molecule has 29 heavy (non-hydrogen) atoms. The Bertz CT molecular complexity index is 1020. The third-order valence-corrected chi connectivity index (χ3v) is 3.62. The zero-order chi connectivity index (χ0) is 21.0. The summed E-state index contributed by atoms with van der Waals surface area (Å²) in [4.78, 5) is 15.9. The molecule has 152 valence electrons. The average molecular weight is 411 g/mol. The quantitative estimate of drug-likeness (QED) is 0.474. The minimum Gasteiger partial charge on any atom is -0.495 e. The molecule has 0 unspecified atom stereocenters. The number of rotatable bonds is 7. The molecular formula is C18H13F4N3O4. The number of aromatic nitrogens is 2. The molecular weight excluding hydrogens is 398 g/mol. The first-order valence-corrected chi connectivity index (χ1v) is 8.09. The highest BCUT2D eigenvalue weighted by molar-refractivity contribution is 5.93. The Morgan fingerprint density at radius 1 is 1.14 bits per heavy atom. The lowest BCUT2D eigenvalue weighted by molar-refractivity contribution is -0.115. The lowest BCUT2D eigenvalue weighted by Gasteiger charge is -2.08. The Morgan fingerprint density at radius 2 is 1.83 bits per heavy atom. The zero-order valence-corrected chi connectivity index (χ0v) is 14.8. The molecule has 0 saturated heterocycles. The van der Waals surface area contributed by atoms with Crippen LogP contribution in [0.2, 0.25) is 0 Å². The molecule has 2 aromatic carbocycles. The third-order valence-electron chi connectivity index (χ3n) is 3.62. The number of methoxy groups -OCH3 is 1. The Hall–Kier alpha value is -3.63. The molecule has 0 spiro atoms. The summed E-state index contributed by atoms with van der Waals surface area (Å²) in [6.45, 7) is -0.669. The first-order chi connectivity index (χ1) is 13.9. The van der Waals surface area contributed by atoms with Gasteiger partial charge >= 0.3 is 0 Å². The van der Waals surface area contributed by atoms with Crippen LogP contribution < -0.4 is 14.8 Å². The number of amides is 1. The second-order valence-corrected chi connectivity index (χ2v) is 5.62. The molecule has 0 atom stereocenters. The Kier molecular flexibility index (Phi) is 5.96. The van der Waals surface area contributed by atoms with Gasteiger partial charge in [-0.25, -0.2) is 8.78 Å². The van der Waals surface area contributed by atoms with Crippen LogP contribution in [0.15, 0.2) is 34.9 Å².